The maximum atomic E-state index is 14.0. The van der Waals surface area contributed by atoms with Gasteiger partial charge in [-0.1, -0.05) is 31.0 Å². The van der Waals surface area contributed by atoms with Gasteiger partial charge in [0, 0.05) is 23.2 Å². The molecule has 1 aromatic heterocycles. The second-order valence-electron chi connectivity index (χ2n) is 5.39. The van der Waals surface area contributed by atoms with E-state index < -0.39 is 11.8 Å². The van der Waals surface area contributed by atoms with E-state index in [1.54, 1.807) is 30.5 Å². The lowest BCUT2D eigenvalue weighted by atomic mass is 9.92. The molecule has 0 aliphatic heterocycles. The summed E-state index contributed by atoms with van der Waals surface area (Å²) in [6.07, 6.45) is 5.68. The lowest BCUT2D eigenvalue weighted by Gasteiger charge is -2.15. The number of rotatable bonds is 3. The minimum atomic E-state index is -1.04. The van der Waals surface area contributed by atoms with Gasteiger partial charge in [-0.05, 0) is 25.0 Å². The fourth-order valence-electron chi connectivity index (χ4n) is 3.12. The lowest BCUT2D eigenvalue weighted by molar-refractivity contribution is 0.0695. The first-order valence-electron chi connectivity index (χ1n) is 7.15. The quantitative estimate of drug-likeness (QED) is 0.917. The van der Waals surface area contributed by atoms with Gasteiger partial charge in [-0.15, -0.1) is 0 Å². The molecule has 1 saturated carbocycles. The third-order valence-electron chi connectivity index (χ3n) is 4.10. The molecule has 1 fully saturated rings. The monoisotopic (exact) mass is 285 g/mol. The number of nitrogens with zero attached hydrogens (tertiary/aromatic N) is 1. The van der Waals surface area contributed by atoms with Crippen molar-refractivity contribution in [2.45, 2.75) is 31.6 Å². The van der Waals surface area contributed by atoms with E-state index in [2.05, 4.69) is 4.98 Å². The van der Waals surface area contributed by atoms with E-state index in [0.29, 0.717) is 16.8 Å². The van der Waals surface area contributed by atoms with Crippen molar-refractivity contribution in [3.8, 4) is 11.1 Å². The van der Waals surface area contributed by atoms with Crippen LogP contribution in [0.5, 0.6) is 0 Å². The molecule has 0 atom stereocenters. The number of carboxylic acids is 1. The van der Waals surface area contributed by atoms with Gasteiger partial charge in [0.1, 0.15) is 5.82 Å². The molecule has 1 N–H and O–H groups in total. The summed E-state index contributed by atoms with van der Waals surface area (Å²) >= 11 is 0. The van der Waals surface area contributed by atoms with Crippen molar-refractivity contribution in [2.24, 2.45) is 0 Å². The summed E-state index contributed by atoms with van der Waals surface area (Å²) in [5, 5.41) is 9.60. The van der Waals surface area contributed by atoms with Crippen LogP contribution in [0.4, 0.5) is 4.39 Å². The van der Waals surface area contributed by atoms with E-state index in [1.165, 1.54) is 6.07 Å². The van der Waals surface area contributed by atoms with E-state index in [-0.39, 0.29) is 11.5 Å². The molecule has 1 aliphatic carbocycles. The summed E-state index contributed by atoms with van der Waals surface area (Å²) in [4.78, 5) is 16.0. The van der Waals surface area contributed by atoms with Crippen LogP contribution in [0.15, 0.2) is 36.5 Å². The largest absolute Gasteiger partial charge is 0.478 e. The van der Waals surface area contributed by atoms with Gasteiger partial charge in [0.25, 0.3) is 0 Å². The highest BCUT2D eigenvalue weighted by Gasteiger charge is 2.27. The molecule has 0 bridgehead atoms. The molecule has 0 amide bonds. The van der Waals surface area contributed by atoms with Crippen LogP contribution in [0.1, 0.15) is 47.7 Å². The molecule has 108 valence electrons. The van der Waals surface area contributed by atoms with Gasteiger partial charge in [0.15, 0.2) is 0 Å². The first kappa shape index (κ1) is 13.7. The molecule has 0 radical (unpaired) electrons. The molecular formula is C17H16FNO2. The van der Waals surface area contributed by atoms with Crippen LogP contribution < -0.4 is 0 Å². The van der Waals surface area contributed by atoms with E-state index in [9.17, 15) is 14.3 Å². The molecule has 0 spiro atoms. The normalized spacial score (nSPS) is 15.3. The van der Waals surface area contributed by atoms with Crippen molar-refractivity contribution in [3.05, 3.63) is 53.6 Å². The number of pyridine rings is 1. The molecule has 1 heterocycles. The molecule has 4 heteroatoms. The minimum absolute atomic E-state index is 0.148. The van der Waals surface area contributed by atoms with Crippen LogP contribution in [0.2, 0.25) is 0 Å². The Hall–Kier alpha value is -2.23. The zero-order valence-electron chi connectivity index (χ0n) is 11.6. The maximum absolute atomic E-state index is 14.0. The molecule has 3 nitrogen and oxygen atoms in total. The van der Waals surface area contributed by atoms with Gasteiger partial charge in [0.05, 0.1) is 11.3 Å². The van der Waals surface area contributed by atoms with Crippen molar-refractivity contribution in [3.63, 3.8) is 0 Å². The van der Waals surface area contributed by atoms with Gasteiger partial charge in [-0.25, -0.2) is 9.18 Å². The smallest absolute Gasteiger partial charge is 0.338 e. The Morgan fingerprint density at radius 2 is 1.86 bits per heavy atom. The average Bonchev–Trinajstić information content (AvgIpc) is 3.01. The van der Waals surface area contributed by atoms with Crippen molar-refractivity contribution < 1.29 is 14.3 Å². The summed E-state index contributed by atoms with van der Waals surface area (Å²) in [6.45, 7) is 0. The lowest BCUT2D eigenvalue weighted by Crippen LogP contribution is -2.10. The number of halogens is 1. The zero-order valence-corrected chi connectivity index (χ0v) is 11.6. The maximum Gasteiger partial charge on any atom is 0.338 e. The van der Waals surface area contributed by atoms with Gasteiger partial charge >= 0.3 is 5.97 Å². The van der Waals surface area contributed by atoms with E-state index in [1.807, 2.05) is 0 Å². The highest BCUT2D eigenvalue weighted by Crippen LogP contribution is 2.38. The molecule has 0 saturated heterocycles. The van der Waals surface area contributed by atoms with Gasteiger partial charge < -0.3 is 5.11 Å². The fraction of sp³-hybridized carbons (Fsp3) is 0.294. The second-order valence-corrected chi connectivity index (χ2v) is 5.39. The molecule has 3 rings (SSSR count). The Morgan fingerprint density at radius 1 is 1.14 bits per heavy atom. The van der Waals surface area contributed by atoms with Crippen molar-refractivity contribution in [1.82, 2.24) is 4.98 Å². The van der Waals surface area contributed by atoms with E-state index in [4.69, 9.17) is 0 Å². The van der Waals surface area contributed by atoms with Crippen LogP contribution in [0.3, 0.4) is 0 Å². The van der Waals surface area contributed by atoms with Crippen LogP contribution in [0.25, 0.3) is 11.1 Å². The third kappa shape index (κ3) is 2.53. The Balaban J connectivity index is 2.19. The summed E-state index contributed by atoms with van der Waals surface area (Å²) in [6, 6.07) is 7.84. The van der Waals surface area contributed by atoms with Crippen molar-refractivity contribution in [2.75, 3.05) is 0 Å². The Kier molecular flexibility index (Phi) is 3.69. The van der Waals surface area contributed by atoms with Crippen LogP contribution in [-0.2, 0) is 0 Å². The molecular weight excluding hydrogens is 269 g/mol. The second kappa shape index (κ2) is 5.64. The van der Waals surface area contributed by atoms with Gasteiger partial charge in [-0.2, -0.15) is 0 Å². The standard InChI is InChI=1S/C17H16FNO2/c18-14-8-4-3-7-12(14)13-9-10-19-16(15(13)17(20)21)11-5-1-2-6-11/h3-4,7-11H,1-2,5-6H2,(H,20,21). The number of hydrogen-bond acceptors (Lipinski definition) is 2. The van der Waals surface area contributed by atoms with Gasteiger partial charge in [0.2, 0.25) is 0 Å². The van der Waals surface area contributed by atoms with E-state index >= 15 is 0 Å². The summed E-state index contributed by atoms with van der Waals surface area (Å²) in [5.41, 5.74) is 1.48. The van der Waals surface area contributed by atoms with Crippen LogP contribution in [-0.4, -0.2) is 16.1 Å². The topological polar surface area (TPSA) is 50.2 Å². The van der Waals surface area contributed by atoms with E-state index in [0.717, 1.165) is 25.7 Å². The van der Waals surface area contributed by atoms with Crippen molar-refractivity contribution >= 4 is 5.97 Å². The molecule has 2 aromatic rings. The summed E-state index contributed by atoms with van der Waals surface area (Å²) in [5.74, 6) is -1.28. The summed E-state index contributed by atoms with van der Waals surface area (Å²) in [7, 11) is 0. The number of aromatic nitrogens is 1. The number of aromatic carboxylic acids is 1. The highest BCUT2D eigenvalue weighted by atomic mass is 19.1. The molecule has 1 aliphatic rings. The third-order valence-corrected chi connectivity index (χ3v) is 4.10. The molecule has 0 unspecified atom stereocenters. The van der Waals surface area contributed by atoms with Crippen molar-refractivity contribution in [1.29, 1.82) is 0 Å². The zero-order chi connectivity index (χ0) is 14.8. The van der Waals surface area contributed by atoms with Gasteiger partial charge in [-0.3, -0.25) is 4.98 Å². The summed E-state index contributed by atoms with van der Waals surface area (Å²) < 4.78 is 14.0. The van der Waals surface area contributed by atoms with Crippen LogP contribution >= 0.6 is 0 Å². The minimum Gasteiger partial charge on any atom is -0.478 e. The first-order chi connectivity index (χ1) is 10.2. The average molecular weight is 285 g/mol. The molecule has 21 heavy (non-hydrogen) atoms. The highest BCUT2D eigenvalue weighted by molar-refractivity contribution is 5.97. The first-order valence-corrected chi connectivity index (χ1v) is 7.15. The number of benzene rings is 1. The molecule has 1 aromatic carbocycles. The Morgan fingerprint density at radius 3 is 2.52 bits per heavy atom. The Labute approximate surface area is 122 Å². The fourth-order valence-corrected chi connectivity index (χ4v) is 3.12. The number of carboxylic acid groups (broad SMARTS) is 1. The SMILES string of the molecule is O=C(O)c1c(-c2ccccc2F)ccnc1C1CCCC1. The number of hydrogen-bond donors (Lipinski definition) is 1. The number of carbonyl (C=O) groups is 1. The predicted molar refractivity (Wildman–Crippen MR) is 77.8 cm³/mol. The Bertz CT molecular complexity index is 678. The predicted octanol–water partition coefficient (Wildman–Crippen LogP) is 4.24. The van der Waals surface area contributed by atoms with Crippen LogP contribution in [0, 0.1) is 5.82 Å².